The van der Waals surface area contributed by atoms with Gasteiger partial charge >= 0.3 is 5.97 Å². The predicted molar refractivity (Wildman–Crippen MR) is 124 cm³/mol. The van der Waals surface area contributed by atoms with E-state index in [1.165, 1.54) is 24.0 Å². The summed E-state index contributed by atoms with van der Waals surface area (Å²) in [5, 5.41) is 0.336. The molecule has 4 aromatic rings. The highest BCUT2D eigenvalue weighted by molar-refractivity contribution is 5.89. The summed E-state index contributed by atoms with van der Waals surface area (Å²) in [6.45, 7) is 4.07. The highest BCUT2D eigenvalue weighted by Gasteiger charge is 2.11. The van der Waals surface area contributed by atoms with Gasteiger partial charge in [-0.1, -0.05) is 48.9 Å². The number of carbonyl (C=O) groups excluding carboxylic acids is 1. The number of hydrogen-bond acceptors (Lipinski definition) is 5. The number of aryl methyl sites for hydroxylation is 2. The lowest BCUT2D eigenvalue weighted by atomic mass is 10.1. The maximum atomic E-state index is 12.8. The second kappa shape index (κ2) is 9.35. The Balaban J connectivity index is 1.49. The summed E-state index contributed by atoms with van der Waals surface area (Å²) in [7, 11) is 0. The van der Waals surface area contributed by atoms with Crippen molar-refractivity contribution in [3.05, 3.63) is 106 Å². The zero-order valence-corrected chi connectivity index (χ0v) is 17.8. The van der Waals surface area contributed by atoms with E-state index in [0.717, 1.165) is 17.5 Å². The molecule has 0 amide bonds. The average Bonchev–Trinajstić information content (AvgIpc) is 2.81. The van der Waals surface area contributed by atoms with Gasteiger partial charge in [-0.15, -0.1) is 0 Å². The number of carbonyl (C=O) groups is 1. The largest absolute Gasteiger partial charge is 0.460 e. The number of hydrogen-bond donors (Lipinski definition) is 0. The molecule has 0 bridgehead atoms. The Kier molecular flexibility index (Phi) is 6.17. The van der Waals surface area contributed by atoms with Gasteiger partial charge in [-0.25, -0.2) is 4.79 Å². The lowest BCUT2D eigenvalue weighted by Gasteiger charge is -2.07. The zero-order chi connectivity index (χ0) is 22.5. The first-order chi connectivity index (χ1) is 15.5. The minimum absolute atomic E-state index is 0.0903. The molecule has 0 saturated carbocycles. The van der Waals surface area contributed by atoms with Crippen LogP contribution in [0.25, 0.3) is 17.0 Å². The Labute approximate surface area is 185 Å². The molecule has 4 rings (SSSR count). The van der Waals surface area contributed by atoms with E-state index in [1.807, 2.05) is 55.5 Å². The van der Waals surface area contributed by atoms with E-state index < -0.39 is 5.97 Å². The molecule has 0 aliphatic heterocycles. The number of rotatable bonds is 6. The van der Waals surface area contributed by atoms with Gasteiger partial charge in [-0.05, 0) is 54.8 Å². The molecule has 5 nitrogen and oxygen atoms in total. The SMILES string of the molecule is CCc1ccc(Oc2coc3cc(OC(=O)/C=C/c4ccc(C)cc4)ccc3c2=O)cc1. The summed E-state index contributed by atoms with van der Waals surface area (Å²) < 4.78 is 16.6. The molecule has 0 spiro atoms. The number of ether oxygens (including phenoxy) is 2. The maximum Gasteiger partial charge on any atom is 0.336 e. The molecule has 0 aliphatic rings. The number of benzene rings is 3. The van der Waals surface area contributed by atoms with Gasteiger partial charge in [0.25, 0.3) is 0 Å². The van der Waals surface area contributed by atoms with Crippen LogP contribution in [0.15, 0.2) is 88.3 Å². The molecule has 5 heteroatoms. The van der Waals surface area contributed by atoms with Crippen molar-refractivity contribution in [2.45, 2.75) is 20.3 Å². The summed E-state index contributed by atoms with van der Waals surface area (Å²) in [6.07, 6.45) is 5.22. The van der Waals surface area contributed by atoms with Crippen molar-refractivity contribution in [1.82, 2.24) is 0 Å². The van der Waals surface area contributed by atoms with Crippen LogP contribution in [-0.4, -0.2) is 5.97 Å². The van der Waals surface area contributed by atoms with E-state index in [9.17, 15) is 9.59 Å². The molecule has 32 heavy (non-hydrogen) atoms. The van der Waals surface area contributed by atoms with Gasteiger partial charge in [-0.3, -0.25) is 4.79 Å². The Morgan fingerprint density at radius 3 is 2.41 bits per heavy atom. The van der Waals surface area contributed by atoms with Crippen molar-refractivity contribution in [3.63, 3.8) is 0 Å². The molecule has 0 radical (unpaired) electrons. The lowest BCUT2D eigenvalue weighted by molar-refractivity contribution is -0.128. The van der Waals surface area contributed by atoms with Crippen molar-refractivity contribution in [2.24, 2.45) is 0 Å². The van der Waals surface area contributed by atoms with Crippen LogP contribution < -0.4 is 14.9 Å². The van der Waals surface area contributed by atoms with Crippen LogP contribution in [0.3, 0.4) is 0 Å². The highest BCUT2D eigenvalue weighted by atomic mass is 16.5. The van der Waals surface area contributed by atoms with Crippen LogP contribution in [0.1, 0.15) is 23.6 Å². The molecule has 0 saturated heterocycles. The van der Waals surface area contributed by atoms with E-state index in [2.05, 4.69) is 6.92 Å². The van der Waals surface area contributed by atoms with Crippen LogP contribution in [0.5, 0.6) is 17.2 Å². The summed E-state index contributed by atoms with van der Waals surface area (Å²) in [6, 6.07) is 19.9. The first-order valence-electron chi connectivity index (χ1n) is 10.3. The molecule has 0 aliphatic carbocycles. The van der Waals surface area contributed by atoms with Crippen molar-refractivity contribution in [2.75, 3.05) is 0 Å². The molecule has 0 fully saturated rings. The molecular weight excluding hydrogens is 404 g/mol. The van der Waals surface area contributed by atoms with Gasteiger partial charge in [0.2, 0.25) is 11.2 Å². The van der Waals surface area contributed by atoms with Gasteiger partial charge in [0.05, 0.1) is 5.39 Å². The first kappa shape index (κ1) is 21.1. The zero-order valence-electron chi connectivity index (χ0n) is 17.8. The van der Waals surface area contributed by atoms with Crippen molar-refractivity contribution < 1.29 is 18.7 Å². The maximum absolute atomic E-state index is 12.8. The topological polar surface area (TPSA) is 65.7 Å². The molecule has 0 N–H and O–H groups in total. The summed E-state index contributed by atoms with van der Waals surface area (Å²) >= 11 is 0. The van der Waals surface area contributed by atoms with Crippen molar-refractivity contribution in [1.29, 1.82) is 0 Å². The van der Waals surface area contributed by atoms with E-state index in [-0.39, 0.29) is 16.9 Å². The third-order valence-electron chi connectivity index (χ3n) is 4.98. The Morgan fingerprint density at radius 1 is 0.969 bits per heavy atom. The fourth-order valence-electron chi connectivity index (χ4n) is 3.14. The minimum Gasteiger partial charge on any atom is -0.460 e. The minimum atomic E-state index is -0.525. The quantitative estimate of drug-likeness (QED) is 0.213. The molecule has 160 valence electrons. The van der Waals surface area contributed by atoms with Crippen LogP contribution in [0.2, 0.25) is 0 Å². The van der Waals surface area contributed by atoms with Crippen LogP contribution in [0, 0.1) is 6.92 Å². The van der Waals surface area contributed by atoms with E-state index in [4.69, 9.17) is 13.9 Å². The van der Waals surface area contributed by atoms with Crippen LogP contribution in [-0.2, 0) is 11.2 Å². The lowest BCUT2D eigenvalue weighted by Crippen LogP contribution is -2.06. The predicted octanol–water partition coefficient (Wildman–Crippen LogP) is 6.07. The van der Waals surface area contributed by atoms with Crippen LogP contribution in [0.4, 0.5) is 0 Å². The highest BCUT2D eigenvalue weighted by Crippen LogP contribution is 2.24. The number of esters is 1. The standard InChI is InChI=1S/C27H22O5/c1-3-19-8-11-21(12-9-19)31-25-17-30-24-16-22(13-14-23(24)27(25)29)32-26(28)15-10-20-6-4-18(2)5-7-20/h4-17H,3H2,1-2H3/b15-10+. The summed E-state index contributed by atoms with van der Waals surface area (Å²) in [5.41, 5.74) is 3.22. The van der Waals surface area contributed by atoms with E-state index >= 15 is 0 Å². The van der Waals surface area contributed by atoms with E-state index in [1.54, 1.807) is 18.2 Å². The second-order valence-electron chi connectivity index (χ2n) is 7.35. The third kappa shape index (κ3) is 4.95. The Hall–Kier alpha value is -4.12. The monoisotopic (exact) mass is 426 g/mol. The van der Waals surface area contributed by atoms with Gasteiger partial charge in [0.1, 0.15) is 23.3 Å². The molecule has 0 atom stereocenters. The van der Waals surface area contributed by atoms with Crippen LogP contribution >= 0.6 is 0 Å². The normalized spacial score (nSPS) is 11.1. The van der Waals surface area contributed by atoms with Gasteiger partial charge in [0, 0.05) is 12.1 Å². The molecule has 1 aromatic heterocycles. The Morgan fingerprint density at radius 2 is 1.69 bits per heavy atom. The molecule has 0 unspecified atom stereocenters. The summed E-state index contributed by atoms with van der Waals surface area (Å²) in [5.74, 6) is 0.401. The third-order valence-corrected chi connectivity index (χ3v) is 4.98. The van der Waals surface area contributed by atoms with Gasteiger partial charge < -0.3 is 13.9 Å². The summed E-state index contributed by atoms with van der Waals surface area (Å²) in [4.78, 5) is 24.9. The number of fused-ring (bicyclic) bond motifs is 1. The van der Waals surface area contributed by atoms with E-state index in [0.29, 0.717) is 16.7 Å². The Bertz CT molecular complexity index is 1330. The molecule has 1 heterocycles. The fraction of sp³-hybridized carbons (Fsp3) is 0.111. The van der Waals surface area contributed by atoms with Gasteiger partial charge in [0.15, 0.2) is 0 Å². The van der Waals surface area contributed by atoms with Crippen molar-refractivity contribution >= 4 is 23.0 Å². The smallest absolute Gasteiger partial charge is 0.336 e. The van der Waals surface area contributed by atoms with Gasteiger partial charge in [-0.2, -0.15) is 0 Å². The molecular formula is C27H22O5. The molecule has 3 aromatic carbocycles. The average molecular weight is 426 g/mol. The second-order valence-corrected chi connectivity index (χ2v) is 7.35. The van der Waals surface area contributed by atoms with Crippen molar-refractivity contribution in [3.8, 4) is 17.2 Å². The first-order valence-corrected chi connectivity index (χ1v) is 10.3. The fourth-order valence-corrected chi connectivity index (χ4v) is 3.14.